The van der Waals surface area contributed by atoms with Crippen LogP contribution in [-0.2, 0) is 0 Å². The Labute approximate surface area is 181 Å². The van der Waals surface area contributed by atoms with Crippen LogP contribution < -0.4 is 10.6 Å². The number of hydrogen-bond acceptors (Lipinski definition) is 4. The van der Waals surface area contributed by atoms with Gasteiger partial charge in [0.15, 0.2) is 0 Å². The van der Waals surface area contributed by atoms with E-state index in [2.05, 4.69) is 10.6 Å². The summed E-state index contributed by atoms with van der Waals surface area (Å²) in [5.74, 6) is -0.944. The summed E-state index contributed by atoms with van der Waals surface area (Å²) < 4.78 is 0. The summed E-state index contributed by atoms with van der Waals surface area (Å²) in [5, 5.41) is 27.0. The lowest BCUT2D eigenvalue weighted by molar-refractivity contribution is 0.0697. The Kier molecular flexibility index (Phi) is 7.46. The van der Waals surface area contributed by atoms with Crippen LogP contribution in [0.1, 0.15) is 28.9 Å². The number of carboxylic acids is 1. The summed E-state index contributed by atoms with van der Waals surface area (Å²) in [5.41, 5.74) is 3.48. The number of carbonyl (C=O) groups is 1. The molecule has 0 heterocycles. The average Bonchev–Trinajstić information content (AvgIpc) is 2.76. The molecule has 0 aliphatic carbocycles. The van der Waals surface area contributed by atoms with Crippen molar-refractivity contribution in [2.45, 2.75) is 19.1 Å². The standard InChI is InChI=1S/C24H25ClN2O3/c1-16(26-15-23(28)18-7-4-8-19(25)12-18)14-27-20-9-5-6-17(13-20)21-10-2-3-11-22(21)24(29)30/h2-13,16,23,26-28H,14-15H2,1H3,(H,29,30)/t16-,23-/m0/s1. The third-order valence-electron chi connectivity index (χ3n) is 4.84. The Morgan fingerprint density at radius 2 is 1.77 bits per heavy atom. The van der Waals surface area contributed by atoms with E-state index >= 15 is 0 Å². The molecule has 0 saturated heterocycles. The van der Waals surface area contributed by atoms with Gasteiger partial charge in [-0.25, -0.2) is 4.79 Å². The van der Waals surface area contributed by atoms with Crippen LogP contribution in [0.25, 0.3) is 11.1 Å². The zero-order valence-corrected chi connectivity index (χ0v) is 17.4. The van der Waals surface area contributed by atoms with E-state index in [1.807, 2.05) is 55.5 Å². The normalized spacial score (nSPS) is 12.9. The Balaban J connectivity index is 1.57. The van der Waals surface area contributed by atoms with E-state index in [9.17, 15) is 15.0 Å². The van der Waals surface area contributed by atoms with E-state index < -0.39 is 12.1 Å². The maximum Gasteiger partial charge on any atom is 0.336 e. The van der Waals surface area contributed by atoms with Crippen LogP contribution in [-0.4, -0.2) is 35.3 Å². The smallest absolute Gasteiger partial charge is 0.336 e. The summed E-state index contributed by atoms with van der Waals surface area (Å²) in [7, 11) is 0. The summed E-state index contributed by atoms with van der Waals surface area (Å²) in [4.78, 5) is 11.5. The molecule has 4 N–H and O–H groups in total. The first-order valence-corrected chi connectivity index (χ1v) is 10.2. The van der Waals surface area contributed by atoms with Crippen LogP contribution in [0.15, 0.2) is 72.8 Å². The second-order valence-corrected chi connectivity index (χ2v) is 7.63. The molecule has 0 radical (unpaired) electrons. The number of carboxylic acid groups (broad SMARTS) is 1. The minimum Gasteiger partial charge on any atom is -0.478 e. The molecule has 0 saturated carbocycles. The minimum absolute atomic E-state index is 0.105. The van der Waals surface area contributed by atoms with Gasteiger partial charge in [0.2, 0.25) is 0 Å². The number of rotatable bonds is 9. The van der Waals surface area contributed by atoms with Crippen molar-refractivity contribution < 1.29 is 15.0 Å². The molecule has 2 atom stereocenters. The number of anilines is 1. The highest BCUT2D eigenvalue weighted by Crippen LogP contribution is 2.26. The fourth-order valence-corrected chi connectivity index (χ4v) is 3.40. The lowest BCUT2D eigenvalue weighted by atomic mass is 9.99. The van der Waals surface area contributed by atoms with Gasteiger partial charge in [-0.05, 0) is 53.9 Å². The fourth-order valence-electron chi connectivity index (χ4n) is 3.21. The zero-order chi connectivity index (χ0) is 21.5. The monoisotopic (exact) mass is 424 g/mol. The molecular formula is C24H25ClN2O3. The first-order chi connectivity index (χ1) is 14.4. The van der Waals surface area contributed by atoms with E-state index in [1.165, 1.54) is 0 Å². The quantitative estimate of drug-likeness (QED) is 0.395. The highest BCUT2D eigenvalue weighted by Gasteiger charge is 2.12. The SMILES string of the molecule is C[C@@H](CNc1cccc(-c2ccccc2C(=O)O)c1)NC[C@H](O)c1cccc(Cl)c1. The highest BCUT2D eigenvalue weighted by molar-refractivity contribution is 6.30. The van der Waals surface area contributed by atoms with Crippen molar-refractivity contribution in [2.24, 2.45) is 0 Å². The van der Waals surface area contributed by atoms with Crippen molar-refractivity contribution in [3.8, 4) is 11.1 Å². The summed E-state index contributed by atoms with van der Waals surface area (Å²) in [6, 6.07) is 22.0. The molecular weight excluding hydrogens is 400 g/mol. The summed E-state index contributed by atoms with van der Waals surface area (Å²) in [6.07, 6.45) is -0.637. The van der Waals surface area contributed by atoms with Crippen molar-refractivity contribution in [3.05, 3.63) is 88.9 Å². The summed E-state index contributed by atoms with van der Waals surface area (Å²) >= 11 is 5.98. The Morgan fingerprint density at radius 1 is 1.00 bits per heavy atom. The van der Waals surface area contributed by atoms with Crippen LogP contribution in [0.3, 0.4) is 0 Å². The maximum absolute atomic E-state index is 11.5. The number of aliphatic hydroxyl groups is 1. The van der Waals surface area contributed by atoms with Gasteiger partial charge in [-0.2, -0.15) is 0 Å². The average molecular weight is 425 g/mol. The van der Waals surface area contributed by atoms with Gasteiger partial charge < -0.3 is 20.8 Å². The topological polar surface area (TPSA) is 81.6 Å². The van der Waals surface area contributed by atoms with Crippen molar-refractivity contribution in [2.75, 3.05) is 18.4 Å². The van der Waals surface area contributed by atoms with Gasteiger partial charge >= 0.3 is 5.97 Å². The van der Waals surface area contributed by atoms with E-state index in [1.54, 1.807) is 24.3 Å². The van der Waals surface area contributed by atoms with Crippen LogP contribution in [0, 0.1) is 0 Å². The molecule has 0 bridgehead atoms. The second kappa shape index (κ2) is 10.3. The van der Waals surface area contributed by atoms with Gasteiger partial charge in [0.05, 0.1) is 11.7 Å². The lowest BCUT2D eigenvalue weighted by Crippen LogP contribution is -2.35. The lowest BCUT2D eigenvalue weighted by Gasteiger charge is -2.19. The van der Waals surface area contributed by atoms with Gasteiger partial charge in [-0.15, -0.1) is 0 Å². The van der Waals surface area contributed by atoms with Gasteiger partial charge in [0, 0.05) is 29.8 Å². The molecule has 3 aromatic rings. The molecule has 30 heavy (non-hydrogen) atoms. The minimum atomic E-state index is -0.944. The van der Waals surface area contributed by atoms with Gasteiger partial charge in [0.1, 0.15) is 0 Å². The van der Waals surface area contributed by atoms with Gasteiger partial charge in [-0.3, -0.25) is 0 Å². The van der Waals surface area contributed by atoms with Crippen LogP contribution in [0.5, 0.6) is 0 Å². The molecule has 0 amide bonds. The van der Waals surface area contributed by atoms with Crippen LogP contribution >= 0.6 is 11.6 Å². The molecule has 3 rings (SSSR count). The van der Waals surface area contributed by atoms with E-state index in [4.69, 9.17) is 11.6 Å². The zero-order valence-electron chi connectivity index (χ0n) is 16.7. The maximum atomic E-state index is 11.5. The number of aromatic carboxylic acids is 1. The molecule has 0 unspecified atom stereocenters. The number of nitrogens with one attached hydrogen (secondary N) is 2. The van der Waals surface area contributed by atoms with Crippen molar-refractivity contribution in [3.63, 3.8) is 0 Å². The molecule has 0 aromatic heterocycles. The van der Waals surface area contributed by atoms with Crippen molar-refractivity contribution >= 4 is 23.3 Å². The largest absolute Gasteiger partial charge is 0.478 e. The van der Waals surface area contributed by atoms with Crippen LogP contribution in [0.4, 0.5) is 5.69 Å². The van der Waals surface area contributed by atoms with Crippen LogP contribution in [0.2, 0.25) is 5.02 Å². The van der Waals surface area contributed by atoms with E-state index in [-0.39, 0.29) is 11.6 Å². The second-order valence-electron chi connectivity index (χ2n) is 7.19. The fraction of sp³-hybridized carbons (Fsp3) is 0.208. The van der Waals surface area contributed by atoms with E-state index in [0.717, 1.165) is 16.8 Å². The predicted molar refractivity (Wildman–Crippen MR) is 121 cm³/mol. The number of benzene rings is 3. The molecule has 6 heteroatoms. The predicted octanol–water partition coefficient (Wildman–Crippen LogP) is 4.83. The molecule has 0 fully saturated rings. The molecule has 0 spiro atoms. The molecule has 5 nitrogen and oxygen atoms in total. The molecule has 156 valence electrons. The highest BCUT2D eigenvalue weighted by atomic mass is 35.5. The van der Waals surface area contributed by atoms with E-state index in [0.29, 0.717) is 23.7 Å². The Bertz CT molecular complexity index is 1010. The summed E-state index contributed by atoms with van der Waals surface area (Å²) in [6.45, 7) is 3.09. The molecule has 0 aliphatic rings. The molecule has 0 aliphatic heterocycles. The Hall–Kier alpha value is -2.86. The number of halogens is 1. The molecule has 3 aromatic carbocycles. The number of aliphatic hydroxyl groups excluding tert-OH is 1. The number of hydrogen-bond donors (Lipinski definition) is 4. The third-order valence-corrected chi connectivity index (χ3v) is 5.07. The van der Waals surface area contributed by atoms with Gasteiger partial charge in [-0.1, -0.05) is 54.1 Å². The first kappa shape index (κ1) is 21.8. The Morgan fingerprint density at radius 3 is 2.53 bits per heavy atom. The third kappa shape index (κ3) is 5.83. The first-order valence-electron chi connectivity index (χ1n) is 9.77. The van der Waals surface area contributed by atoms with Gasteiger partial charge in [0.25, 0.3) is 0 Å². The van der Waals surface area contributed by atoms with Crippen molar-refractivity contribution in [1.29, 1.82) is 0 Å². The van der Waals surface area contributed by atoms with Crippen molar-refractivity contribution in [1.82, 2.24) is 5.32 Å².